The summed E-state index contributed by atoms with van der Waals surface area (Å²) >= 11 is 0. The van der Waals surface area contributed by atoms with Gasteiger partial charge in [0.15, 0.2) is 0 Å². The fourth-order valence-electron chi connectivity index (χ4n) is 1.52. The normalized spacial score (nSPS) is 10.8. The monoisotopic (exact) mass is 271 g/mol. The number of anilines is 1. The summed E-state index contributed by atoms with van der Waals surface area (Å²) in [6.07, 6.45) is 0.897. The zero-order chi connectivity index (χ0) is 14.3. The third-order valence-corrected chi connectivity index (χ3v) is 2.47. The Bertz CT molecular complexity index is 404. The van der Waals surface area contributed by atoms with E-state index in [1.54, 1.807) is 0 Å². The van der Waals surface area contributed by atoms with E-state index >= 15 is 0 Å². The lowest BCUT2D eigenvalue weighted by Gasteiger charge is -2.10. The van der Waals surface area contributed by atoms with E-state index in [4.69, 9.17) is 0 Å². The smallest absolute Gasteiger partial charge is 0.238 e. The molecule has 1 rings (SSSR count). The first kappa shape index (κ1) is 15.5. The van der Waals surface area contributed by atoms with Crippen LogP contribution in [0.3, 0.4) is 0 Å². The van der Waals surface area contributed by atoms with Crippen LogP contribution in [0.15, 0.2) is 18.2 Å². The lowest BCUT2D eigenvalue weighted by Crippen LogP contribution is -2.30. The number of hydrogen-bond acceptors (Lipinski definition) is 3. The number of rotatable bonds is 7. The Morgan fingerprint density at radius 1 is 1.26 bits per heavy atom. The highest BCUT2D eigenvalue weighted by Crippen LogP contribution is 2.17. The summed E-state index contributed by atoms with van der Waals surface area (Å²) in [5.41, 5.74) is -0.400. The van der Waals surface area contributed by atoms with Crippen LogP contribution in [0.4, 0.5) is 14.5 Å². The van der Waals surface area contributed by atoms with Crippen molar-refractivity contribution in [3.63, 3.8) is 0 Å². The molecule has 0 aliphatic carbocycles. The van der Waals surface area contributed by atoms with Crippen LogP contribution in [-0.4, -0.2) is 44.5 Å². The van der Waals surface area contributed by atoms with Gasteiger partial charge in [0, 0.05) is 0 Å². The van der Waals surface area contributed by atoms with Gasteiger partial charge in [0.2, 0.25) is 5.91 Å². The fraction of sp³-hybridized carbons (Fsp3) is 0.462. The van der Waals surface area contributed by atoms with Crippen LogP contribution in [0.5, 0.6) is 0 Å². The fourth-order valence-corrected chi connectivity index (χ4v) is 1.52. The van der Waals surface area contributed by atoms with E-state index in [2.05, 4.69) is 10.6 Å². The molecule has 19 heavy (non-hydrogen) atoms. The van der Waals surface area contributed by atoms with E-state index in [0.717, 1.165) is 25.1 Å². The van der Waals surface area contributed by atoms with Gasteiger partial charge in [-0.1, -0.05) is 6.07 Å². The van der Waals surface area contributed by atoms with Crippen molar-refractivity contribution in [1.29, 1.82) is 0 Å². The molecule has 0 fully saturated rings. The van der Waals surface area contributed by atoms with Gasteiger partial charge in [-0.05, 0) is 45.7 Å². The predicted octanol–water partition coefficient (Wildman–Crippen LogP) is 1.44. The number of hydrogen-bond donors (Lipinski definition) is 2. The molecule has 0 aliphatic heterocycles. The van der Waals surface area contributed by atoms with E-state index in [0.29, 0.717) is 6.54 Å². The number of nitrogens with one attached hydrogen (secondary N) is 2. The SMILES string of the molecule is CN(C)CCCNCC(=O)Nc1c(F)cccc1F. The molecule has 0 radical (unpaired) electrons. The molecule has 4 nitrogen and oxygen atoms in total. The van der Waals surface area contributed by atoms with E-state index in [-0.39, 0.29) is 6.54 Å². The Hall–Kier alpha value is -1.53. The Balaban J connectivity index is 2.32. The summed E-state index contributed by atoms with van der Waals surface area (Å²) < 4.78 is 26.5. The molecule has 0 atom stereocenters. The van der Waals surface area contributed by atoms with E-state index in [1.807, 2.05) is 19.0 Å². The van der Waals surface area contributed by atoms with Crippen molar-refractivity contribution in [1.82, 2.24) is 10.2 Å². The zero-order valence-electron chi connectivity index (χ0n) is 11.2. The number of para-hydroxylation sites is 1. The molecule has 0 bridgehead atoms. The maximum atomic E-state index is 13.3. The number of carbonyl (C=O) groups is 1. The zero-order valence-corrected chi connectivity index (χ0v) is 11.2. The highest BCUT2D eigenvalue weighted by Gasteiger charge is 2.11. The maximum Gasteiger partial charge on any atom is 0.238 e. The molecular weight excluding hydrogens is 252 g/mol. The summed E-state index contributed by atoms with van der Waals surface area (Å²) in [6, 6.07) is 3.45. The highest BCUT2D eigenvalue weighted by atomic mass is 19.1. The van der Waals surface area contributed by atoms with Crippen molar-refractivity contribution < 1.29 is 13.6 Å². The third-order valence-electron chi connectivity index (χ3n) is 2.47. The average Bonchev–Trinajstić information content (AvgIpc) is 2.33. The molecule has 1 amide bonds. The molecule has 0 saturated heterocycles. The van der Waals surface area contributed by atoms with Crippen molar-refractivity contribution >= 4 is 11.6 Å². The molecule has 1 aromatic carbocycles. The van der Waals surface area contributed by atoms with Crippen LogP contribution < -0.4 is 10.6 Å². The first-order valence-corrected chi connectivity index (χ1v) is 6.10. The predicted molar refractivity (Wildman–Crippen MR) is 71.0 cm³/mol. The molecule has 106 valence electrons. The molecule has 6 heteroatoms. The maximum absolute atomic E-state index is 13.3. The Kier molecular flexibility index (Phi) is 6.38. The molecule has 0 saturated carbocycles. The van der Waals surface area contributed by atoms with Gasteiger partial charge in [0.25, 0.3) is 0 Å². The van der Waals surface area contributed by atoms with Crippen LogP contribution in [-0.2, 0) is 4.79 Å². The Labute approximate surface area is 111 Å². The van der Waals surface area contributed by atoms with Crippen LogP contribution in [0.25, 0.3) is 0 Å². The molecule has 0 aromatic heterocycles. The summed E-state index contributed by atoms with van der Waals surface area (Å²) in [6.45, 7) is 1.61. The molecule has 0 aliphatic rings. The summed E-state index contributed by atoms with van der Waals surface area (Å²) in [5, 5.41) is 5.13. The van der Waals surface area contributed by atoms with Gasteiger partial charge in [-0.2, -0.15) is 0 Å². The van der Waals surface area contributed by atoms with Crippen LogP contribution in [0.1, 0.15) is 6.42 Å². The second-order valence-electron chi connectivity index (χ2n) is 4.48. The van der Waals surface area contributed by atoms with Crippen LogP contribution in [0.2, 0.25) is 0 Å². The lowest BCUT2D eigenvalue weighted by atomic mass is 10.3. The topological polar surface area (TPSA) is 44.4 Å². The number of halogens is 2. The van der Waals surface area contributed by atoms with Gasteiger partial charge >= 0.3 is 0 Å². The van der Waals surface area contributed by atoms with E-state index in [1.165, 1.54) is 6.07 Å². The number of benzene rings is 1. The van der Waals surface area contributed by atoms with Crippen molar-refractivity contribution in [3.8, 4) is 0 Å². The van der Waals surface area contributed by atoms with Crippen LogP contribution in [0, 0.1) is 11.6 Å². The quantitative estimate of drug-likeness (QED) is 0.738. The summed E-state index contributed by atoms with van der Waals surface area (Å²) in [5.74, 6) is -2.02. The van der Waals surface area contributed by atoms with Crippen molar-refractivity contribution in [2.24, 2.45) is 0 Å². The standard InChI is InChI=1S/C13H19F2N3O/c1-18(2)8-4-7-16-9-12(19)17-13-10(14)5-3-6-11(13)15/h3,5-6,16H,4,7-9H2,1-2H3,(H,17,19). The molecule has 0 heterocycles. The largest absolute Gasteiger partial charge is 0.320 e. The summed E-state index contributed by atoms with van der Waals surface area (Å²) in [4.78, 5) is 13.5. The van der Waals surface area contributed by atoms with Gasteiger partial charge in [0.05, 0.1) is 6.54 Å². The van der Waals surface area contributed by atoms with Crippen molar-refractivity contribution in [3.05, 3.63) is 29.8 Å². The van der Waals surface area contributed by atoms with E-state index < -0.39 is 23.2 Å². The third kappa shape index (κ3) is 5.76. The van der Waals surface area contributed by atoms with Gasteiger partial charge in [-0.3, -0.25) is 4.79 Å². The van der Waals surface area contributed by atoms with Gasteiger partial charge in [0.1, 0.15) is 17.3 Å². The number of amides is 1. The first-order valence-electron chi connectivity index (χ1n) is 6.10. The van der Waals surface area contributed by atoms with Crippen LogP contribution >= 0.6 is 0 Å². The minimum Gasteiger partial charge on any atom is -0.320 e. The average molecular weight is 271 g/mol. The molecule has 2 N–H and O–H groups in total. The number of carbonyl (C=O) groups excluding carboxylic acids is 1. The Morgan fingerprint density at radius 3 is 2.47 bits per heavy atom. The molecule has 0 unspecified atom stereocenters. The van der Waals surface area contributed by atoms with Gasteiger partial charge in [-0.15, -0.1) is 0 Å². The minimum absolute atomic E-state index is 0.0290. The first-order chi connectivity index (χ1) is 9.00. The minimum atomic E-state index is -0.777. The van der Waals surface area contributed by atoms with Gasteiger partial charge < -0.3 is 15.5 Å². The molecule has 0 spiro atoms. The van der Waals surface area contributed by atoms with Gasteiger partial charge in [-0.25, -0.2) is 8.78 Å². The highest BCUT2D eigenvalue weighted by molar-refractivity contribution is 5.92. The second kappa shape index (κ2) is 7.81. The number of nitrogens with zero attached hydrogens (tertiary/aromatic N) is 1. The summed E-state index contributed by atoms with van der Waals surface area (Å²) in [7, 11) is 3.93. The van der Waals surface area contributed by atoms with E-state index in [9.17, 15) is 13.6 Å². The molecular formula is C13H19F2N3O. The van der Waals surface area contributed by atoms with Crippen molar-refractivity contribution in [2.75, 3.05) is 39.0 Å². The van der Waals surface area contributed by atoms with Crippen molar-refractivity contribution in [2.45, 2.75) is 6.42 Å². The lowest BCUT2D eigenvalue weighted by molar-refractivity contribution is -0.115. The second-order valence-corrected chi connectivity index (χ2v) is 4.48. The Morgan fingerprint density at radius 2 is 1.89 bits per heavy atom. The molecule has 1 aromatic rings.